The molecule has 1 fully saturated rings. The molecule has 0 aliphatic heterocycles. The predicted molar refractivity (Wildman–Crippen MR) is 86.1 cm³/mol. The molecular weight excluding hydrogens is 288 g/mol. The number of fused-ring (bicyclic) bond motifs is 1. The Morgan fingerprint density at radius 2 is 2.15 bits per heavy atom. The smallest absolute Gasteiger partial charge is 0.228 e. The van der Waals surface area contributed by atoms with Crippen LogP contribution >= 0.6 is 23.6 Å². The molecule has 5 heteroatoms. The molecule has 0 aromatic carbocycles. The van der Waals surface area contributed by atoms with Gasteiger partial charge in [0.2, 0.25) is 5.91 Å². The Hall–Kier alpha value is -0.940. The Morgan fingerprint density at radius 3 is 2.85 bits per heavy atom. The minimum absolute atomic E-state index is 0.0168. The molecule has 108 valence electrons. The van der Waals surface area contributed by atoms with Crippen molar-refractivity contribution in [2.75, 3.05) is 0 Å². The number of rotatable bonds is 3. The average Bonchev–Trinajstić information content (AvgIpc) is 3.06. The quantitative estimate of drug-likeness (QED) is 0.844. The summed E-state index contributed by atoms with van der Waals surface area (Å²) in [4.78, 5) is 14.5. The van der Waals surface area contributed by atoms with Gasteiger partial charge in [-0.15, -0.1) is 11.3 Å². The Morgan fingerprint density at radius 1 is 1.40 bits per heavy atom. The number of thiocarbonyl (C=S) groups is 1. The fourth-order valence-corrected chi connectivity index (χ4v) is 4.74. The molecule has 20 heavy (non-hydrogen) atoms. The highest BCUT2D eigenvalue weighted by atomic mass is 32.1. The summed E-state index contributed by atoms with van der Waals surface area (Å²) in [6, 6.07) is 2.10. The van der Waals surface area contributed by atoms with Gasteiger partial charge in [-0.05, 0) is 49.1 Å². The number of thiophene rings is 1. The van der Waals surface area contributed by atoms with Gasteiger partial charge in [0.25, 0.3) is 0 Å². The maximum Gasteiger partial charge on any atom is 0.228 e. The minimum Gasteiger partial charge on any atom is -0.391 e. The van der Waals surface area contributed by atoms with Crippen LogP contribution < -0.4 is 11.1 Å². The van der Waals surface area contributed by atoms with Gasteiger partial charge in [0.15, 0.2) is 0 Å². The van der Waals surface area contributed by atoms with Crippen LogP contribution in [0.1, 0.15) is 54.9 Å². The molecule has 1 aromatic heterocycles. The van der Waals surface area contributed by atoms with Crippen LogP contribution in [0.15, 0.2) is 11.4 Å². The highest BCUT2D eigenvalue weighted by molar-refractivity contribution is 7.80. The largest absolute Gasteiger partial charge is 0.391 e. The van der Waals surface area contributed by atoms with E-state index in [1.807, 2.05) is 0 Å². The molecule has 0 bridgehead atoms. The maximum absolute atomic E-state index is 12.7. The van der Waals surface area contributed by atoms with E-state index in [-0.39, 0.29) is 11.8 Å². The van der Waals surface area contributed by atoms with Gasteiger partial charge in [-0.1, -0.05) is 25.1 Å². The average molecular weight is 308 g/mol. The third kappa shape index (κ3) is 2.37. The number of nitrogens with one attached hydrogen (secondary N) is 1. The normalized spacial score (nSPS) is 24.1. The molecule has 2 aliphatic carbocycles. The highest BCUT2D eigenvalue weighted by Crippen LogP contribution is 2.37. The number of carbonyl (C=O) groups excluding carboxylic acids is 1. The molecular formula is C15H20N2OS2. The van der Waals surface area contributed by atoms with Crippen molar-refractivity contribution in [3.05, 3.63) is 21.9 Å². The Labute approximate surface area is 128 Å². The lowest BCUT2D eigenvalue weighted by Gasteiger charge is -2.32. The van der Waals surface area contributed by atoms with Gasteiger partial charge in [0.1, 0.15) is 0 Å². The summed E-state index contributed by atoms with van der Waals surface area (Å²) >= 11 is 6.98. The molecule has 1 aromatic rings. The van der Waals surface area contributed by atoms with E-state index < -0.39 is 5.54 Å². The van der Waals surface area contributed by atoms with E-state index in [4.69, 9.17) is 18.0 Å². The summed E-state index contributed by atoms with van der Waals surface area (Å²) in [5.41, 5.74) is 6.69. The van der Waals surface area contributed by atoms with Crippen LogP contribution in [0.25, 0.3) is 0 Å². The van der Waals surface area contributed by atoms with E-state index in [2.05, 4.69) is 16.8 Å². The SMILES string of the molecule is NC(=S)C1(NC(=O)C2CCCc3sccc32)CCCC1. The first kappa shape index (κ1) is 14.0. The topological polar surface area (TPSA) is 55.1 Å². The maximum atomic E-state index is 12.7. The Bertz CT molecular complexity index is 532. The summed E-state index contributed by atoms with van der Waals surface area (Å²) in [5, 5.41) is 5.28. The summed E-state index contributed by atoms with van der Waals surface area (Å²) in [5.74, 6) is 0.0934. The molecule has 0 saturated heterocycles. The van der Waals surface area contributed by atoms with E-state index in [1.54, 1.807) is 11.3 Å². The zero-order valence-corrected chi connectivity index (χ0v) is 13.1. The van der Waals surface area contributed by atoms with Gasteiger partial charge in [-0.2, -0.15) is 0 Å². The monoisotopic (exact) mass is 308 g/mol. The second-order valence-electron chi connectivity index (χ2n) is 5.89. The van der Waals surface area contributed by atoms with Crippen LogP contribution in [-0.2, 0) is 11.2 Å². The van der Waals surface area contributed by atoms with Crippen LogP contribution in [-0.4, -0.2) is 16.4 Å². The number of amides is 1. The van der Waals surface area contributed by atoms with Crippen molar-refractivity contribution in [1.29, 1.82) is 0 Å². The number of hydrogen-bond acceptors (Lipinski definition) is 3. The van der Waals surface area contributed by atoms with E-state index in [0.29, 0.717) is 4.99 Å². The van der Waals surface area contributed by atoms with Gasteiger partial charge < -0.3 is 11.1 Å². The number of aryl methyl sites for hydroxylation is 1. The molecule has 0 radical (unpaired) electrons. The van der Waals surface area contributed by atoms with Gasteiger partial charge in [-0.3, -0.25) is 4.79 Å². The van der Waals surface area contributed by atoms with E-state index in [1.165, 1.54) is 10.4 Å². The molecule has 2 aliphatic rings. The van der Waals surface area contributed by atoms with Crippen LogP contribution in [0, 0.1) is 0 Å². The van der Waals surface area contributed by atoms with Crippen molar-refractivity contribution in [2.45, 2.75) is 56.4 Å². The molecule has 1 unspecified atom stereocenters. The van der Waals surface area contributed by atoms with Crippen LogP contribution in [0.2, 0.25) is 0 Å². The van der Waals surface area contributed by atoms with E-state index in [9.17, 15) is 4.79 Å². The first-order valence-corrected chi connectivity index (χ1v) is 8.59. The second-order valence-corrected chi connectivity index (χ2v) is 7.33. The lowest BCUT2D eigenvalue weighted by atomic mass is 9.86. The fourth-order valence-electron chi connectivity index (χ4n) is 3.49. The number of nitrogens with two attached hydrogens (primary N) is 1. The molecule has 3 nitrogen and oxygen atoms in total. The molecule has 1 heterocycles. The highest BCUT2D eigenvalue weighted by Gasteiger charge is 2.40. The van der Waals surface area contributed by atoms with Crippen LogP contribution in [0.5, 0.6) is 0 Å². The van der Waals surface area contributed by atoms with Gasteiger partial charge >= 0.3 is 0 Å². The second kappa shape index (κ2) is 5.45. The lowest BCUT2D eigenvalue weighted by Crippen LogP contribution is -2.56. The molecule has 1 amide bonds. The molecule has 3 N–H and O–H groups in total. The first-order chi connectivity index (χ1) is 9.62. The fraction of sp³-hybridized carbons (Fsp3) is 0.600. The zero-order chi connectivity index (χ0) is 14.2. The van der Waals surface area contributed by atoms with Crippen molar-refractivity contribution in [3.8, 4) is 0 Å². The van der Waals surface area contributed by atoms with Gasteiger partial charge in [-0.25, -0.2) is 0 Å². The molecule has 1 atom stereocenters. The van der Waals surface area contributed by atoms with Crippen molar-refractivity contribution >= 4 is 34.5 Å². The summed E-state index contributed by atoms with van der Waals surface area (Å²) in [7, 11) is 0. The number of carbonyl (C=O) groups is 1. The molecule has 3 rings (SSSR count). The third-order valence-corrected chi connectivity index (χ3v) is 6.05. The van der Waals surface area contributed by atoms with Crippen molar-refractivity contribution in [3.63, 3.8) is 0 Å². The summed E-state index contributed by atoms with van der Waals surface area (Å²) in [6.07, 6.45) is 7.08. The first-order valence-electron chi connectivity index (χ1n) is 7.31. The Kier molecular flexibility index (Phi) is 3.82. The van der Waals surface area contributed by atoms with Crippen LogP contribution in [0.3, 0.4) is 0 Å². The van der Waals surface area contributed by atoms with Gasteiger partial charge in [0.05, 0.1) is 16.4 Å². The van der Waals surface area contributed by atoms with Crippen molar-refractivity contribution in [1.82, 2.24) is 5.32 Å². The van der Waals surface area contributed by atoms with Crippen molar-refractivity contribution < 1.29 is 4.79 Å². The molecule has 0 spiro atoms. The standard InChI is InChI=1S/C15H20N2OS2/c16-14(19)15(7-1-2-8-15)17-13(18)11-4-3-5-12-10(11)6-9-20-12/h6,9,11H,1-5,7-8H2,(H2,16,19)(H,17,18). The zero-order valence-electron chi connectivity index (χ0n) is 11.5. The van der Waals surface area contributed by atoms with Crippen molar-refractivity contribution in [2.24, 2.45) is 5.73 Å². The van der Waals surface area contributed by atoms with E-state index >= 15 is 0 Å². The lowest BCUT2D eigenvalue weighted by molar-refractivity contribution is -0.124. The summed E-state index contributed by atoms with van der Waals surface area (Å²) < 4.78 is 0. The third-order valence-electron chi connectivity index (χ3n) is 4.66. The minimum atomic E-state index is -0.431. The predicted octanol–water partition coefficient (Wildman–Crippen LogP) is 2.88. The molecule has 1 saturated carbocycles. The number of hydrogen-bond donors (Lipinski definition) is 2. The van der Waals surface area contributed by atoms with Gasteiger partial charge in [0, 0.05) is 4.88 Å². The Balaban J connectivity index is 1.79. The summed E-state index contributed by atoms with van der Waals surface area (Å²) in [6.45, 7) is 0. The van der Waals surface area contributed by atoms with E-state index in [0.717, 1.165) is 44.9 Å². The van der Waals surface area contributed by atoms with Crippen LogP contribution in [0.4, 0.5) is 0 Å².